The second kappa shape index (κ2) is 4.25. The lowest BCUT2D eigenvalue weighted by molar-refractivity contribution is -0.145. The lowest BCUT2D eigenvalue weighted by Crippen LogP contribution is -2.56. The summed E-state index contributed by atoms with van der Waals surface area (Å²) in [5.74, 6) is 1.00. The van der Waals surface area contributed by atoms with Crippen LogP contribution < -0.4 is 0 Å². The first-order valence-corrected chi connectivity index (χ1v) is 6.77. The Bertz CT molecular complexity index is 320. The van der Waals surface area contributed by atoms with Crippen molar-refractivity contribution in [2.45, 2.75) is 50.9 Å². The standard InChI is InChI=1S/C13H21NO3/c1-8-7-17-10-3-2-6-14-11(16)5-4-9(15)13(14)12(8)10/h8-10,12-13,15H,2-7H2,1H3/t8-,9-,10-,12+,13+/m1/s1. The molecule has 4 nitrogen and oxygen atoms in total. The quantitative estimate of drug-likeness (QED) is 0.679. The second-order valence-electron chi connectivity index (χ2n) is 5.75. The van der Waals surface area contributed by atoms with E-state index in [1.165, 1.54) is 0 Å². The third kappa shape index (κ3) is 1.78. The van der Waals surface area contributed by atoms with E-state index in [0.29, 0.717) is 24.7 Å². The average molecular weight is 239 g/mol. The van der Waals surface area contributed by atoms with E-state index in [1.54, 1.807) is 0 Å². The molecule has 3 aliphatic heterocycles. The first-order valence-electron chi connectivity index (χ1n) is 6.77. The number of fused-ring (bicyclic) bond motifs is 3. The molecule has 0 saturated carbocycles. The Kier molecular flexibility index (Phi) is 2.87. The van der Waals surface area contributed by atoms with Gasteiger partial charge >= 0.3 is 0 Å². The Morgan fingerprint density at radius 2 is 2.24 bits per heavy atom. The number of nitrogens with zero attached hydrogens (tertiary/aromatic N) is 1. The van der Waals surface area contributed by atoms with Gasteiger partial charge in [0.2, 0.25) is 5.91 Å². The van der Waals surface area contributed by atoms with Crippen molar-refractivity contribution in [1.29, 1.82) is 0 Å². The van der Waals surface area contributed by atoms with Gasteiger partial charge in [0.05, 0.1) is 18.2 Å². The molecule has 1 amide bonds. The molecule has 3 saturated heterocycles. The maximum atomic E-state index is 12.0. The zero-order chi connectivity index (χ0) is 12.0. The van der Waals surface area contributed by atoms with Gasteiger partial charge < -0.3 is 14.7 Å². The molecule has 4 heteroatoms. The van der Waals surface area contributed by atoms with Gasteiger partial charge in [-0.15, -0.1) is 0 Å². The number of rotatable bonds is 0. The number of carbonyl (C=O) groups excluding carboxylic acids is 1. The SMILES string of the molecule is C[C@@H]1CO[C@@H]2CCCN3C(=O)CC[C@@H](O)[C@H]3[C@@H]12. The number of hydrogen-bond acceptors (Lipinski definition) is 3. The first kappa shape index (κ1) is 11.5. The number of piperidine rings is 1. The molecule has 1 N–H and O–H groups in total. The van der Waals surface area contributed by atoms with Crippen molar-refractivity contribution in [2.75, 3.05) is 13.2 Å². The van der Waals surface area contributed by atoms with Crippen molar-refractivity contribution in [2.24, 2.45) is 11.8 Å². The van der Waals surface area contributed by atoms with E-state index in [1.807, 2.05) is 4.90 Å². The molecule has 17 heavy (non-hydrogen) atoms. The normalized spacial score (nSPS) is 46.4. The van der Waals surface area contributed by atoms with Crippen LogP contribution in [0.25, 0.3) is 0 Å². The van der Waals surface area contributed by atoms with Gasteiger partial charge in [-0.25, -0.2) is 0 Å². The van der Waals surface area contributed by atoms with Crippen LogP contribution in [0.3, 0.4) is 0 Å². The number of amides is 1. The van der Waals surface area contributed by atoms with E-state index in [4.69, 9.17) is 4.74 Å². The van der Waals surface area contributed by atoms with Gasteiger partial charge in [-0.1, -0.05) is 6.92 Å². The molecule has 0 aromatic rings. The third-order valence-corrected chi connectivity index (χ3v) is 4.67. The molecule has 3 aliphatic rings. The molecule has 0 aliphatic carbocycles. The maximum absolute atomic E-state index is 12.0. The molecule has 3 rings (SSSR count). The molecule has 5 atom stereocenters. The highest BCUT2D eigenvalue weighted by molar-refractivity contribution is 5.77. The second-order valence-corrected chi connectivity index (χ2v) is 5.75. The Balaban J connectivity index is 1.92. The van der Waals surface area contributed by atoms with Crippen LogP contribution in [-0.4, -0.2) is 47.3 Å². The summed E-state index contributed by atoms with van der Waals surface area (Å²) in [6, 6.07) is 0.00116. The van der Waals surface area contributed by atoms with Gasteiger partial charge in [0.25, 0.3) is 0 Å². The van der Waals surface area contributed by atoms with Crippen LogP contribution in [0.4, 0.5) is 0 Å². The van der Waals surface area contributed by atoms with Gasteiger partial charge in [0.1, 0.15) is 0 Å². The van der Waals surface area contributed by atoms with Gasteiger partial charge in [0.15, 0.2) is 0 Å². The van der Waals surface area contributed by atoms with E-state index in [9.17, 15) is 9.90 Å². The molecular weight excluding hydrogens is 218 g/mol. The number of aliphatic hydroxyl groups excluding tert-OH is 1. The third-order valence-electron chi connectivity index (χ3n) is 4.67. The smallest absolute Gasteiger partial charge is 0.223 e. The molecule has 0 spiro atoms. The van der Waals surface area contributed by atoms with Crippen molar-refractivity contribution in [3.05, 3.63) is 0 Å². The van der Waals surface area contributed by atoms with Crippen molar-refractivity contribution < 1.29 is 14.6 Å². The van der Waals surface area contributed by atoms with Gasteiger partial charge in [0, 0.05) is 25.5 Å². The first-order chi connectivity index (χ1) is 8.18. The number of ether oxygens (including phenoxy) is 1. The molecule has 96 valence electrons. The van der Waals surface area contributed by atoms with E-state index >= 15 is 0 Å². The zero-order valence-corrected chi connectivity index (χ0v) is 10.3. The van der Waals surface area contributed by atoms with E-state index in [2.05, 4.69) is 6.92 Å². The Labute approximate surface area is 102 Å². The maximum Gasteiger partial charge on any atom is 0.223 e. The number of hydrogen-bond donors (Lipinski definition) is 1. The Morgan fingerprint density at radius 1 is 1.41 bits per heavy atom. The van der Waals surface area contributed by atoms with Crippen molar-refractivity contribution in [1.82, 2.24) is 4.90 Å². The minimum atomic E-state index is -0.359. The highest BCUT2D eigenvalue weighted by atomic mass is 16.5. The highest BCUT2D eigenvalue weighted by Gasteiger charge is 2.49. The summed E-state index contributed by atoms with van der Waals surface area (Å²) in [6.07, 6.45) is 3.05. The van der Waals surface area contributed by atoms with Crippen LogP contribution in [0.1, 0.15) is 32.6 Å². The largest absolute Gasteiger partial charge is 0.391 e. The van der Waals surface area contributed by atoms with Crippen LogP contribution in [0, 0.1) is 11.8 Å². The van der Waals surface area contributed by atoms with E-state index in [-0.39, 0.29) is 24.2 Å². The Hall–Kier alpha value is -0.610. The molecule has 3 heterocycles. The molecule has 0 bridgehead atoms. The summed E-state index contributed by atoms with van der Waals surface area (Å²) in [4.78, 5) is 13.9. The van der Waals surface area contributed by atoms with E-state index in [0.717, 1.165) is 26.0 Å². The highest BCUT2D eigenvalue weighted by Crippen LogP contribution is 2.40. The van der Waals surface area contributed by atoms with Gasteiger partial charge in [-0.05, 0) is 25.2 Å². The fraction of sp³-hybridized carbons (Fsp3) is 0.923. The minimum Gasteiger partial charge on any atom is -0.391 e. The summed E-state index contributed by atoms with van der Waals surface area (Å²) < 4.78 is 5.83. The van der Waals surface area contributed by atoms with Crippen LogP contribution in [0.5, 0.6) is 0 Å². The van der Waals surface area contributed by atoms with Gasteiger partial charge in [-0.3, -0.25) is 4.79 Å². The average Bonchev–Trinajstić information content (AvgIpc) is 2.57. The van der Waals surface area contributed by atoms with Crippen LogP contribution in [0.15, 0.2) is 0 Å². The molecule has 0 radical (unpaired) electrons. The zero-order valence-electron chi connectivity index (χ0n) is 10.3. The van der Waals surface area contributed by atoms with Crippen molar-refractivity contribution >= 4 is 5.91 Å². The van der Waals surface area contributed by atoms with Crippen LogP contribution >= 0.6 is 0 Å². The van der Waals surface area contributed by atoms with Crippen LogP contribution in [0.2, 0.25) is 0 Å². The minimum absolute atomic E-state index is 0.00116. The fourth-order valence-corrected chi connectivity index (χ4v) is 3.86. The fourth-order valence-electron chi connectivity index (χ4n) is 3.86. The lowest BCUT2D eigenvalue weighted by atomic mass is 9.79. The predicted molar refractivity (Wildman–Crippen MR) is 62.4 cm³/mol. The summed E-state index contributed by atoms with van der Waals surface area (Å²) >= 11 is 0. The van der Waals surface area contributed by atoms with Gasteiger partial charge in [-0.2, -0.15) is 0 Å². The summed E-state index contributed by atoms with van der Waals surface area (Å²) in [5.41, 5.74) is 0. The van der Waals surface area contributed by atoms with Crippen LogP contribution in [-0.2, 0) is 9.53 Å². The topological polar surface area (TPSA) is 49.8 Å². The summed E-state index contributed by atoms with van der Waals surface area (Å²) in [6.45, 7) is 3.75. The van der Waals surface area contributed by atoms with Crippen molar-refractivity contribution in [3.63, 3.8) is 0 Å². The summed E-state index contributed by atoms with van der Waals surface area (Å²) in [7, 11) is 0. The number of carbonyl (C=O) groups is 1. The molecular formula is C13H21NO3. The molecule has 0 aromatic heterocycles. The monoisotopic (exact) mass is 239 g/mol. The summed E-state index contributed by atoms with van der Waals surface area (Å²) in [5, 5.41) is 10.3. The molecule has 0 unspecified atom stereocenters. The van der Waals surface area contributed by atoms with Crippen molar-refractivity contribution in [3.8, 4) is 0 Å². The Morgan fingerprint density at radius 3 is 3.06 bits per heavy atom. The molecule has 0 aromatic carbocycles. The van der Waals surface area contributed by atoms with E-state index < -0.39 is 0 Å². The number of aliphatic hydroxyl groups is 1. The predicted octanol–water partition coefficient (Wildman–Crippen LogP) is 0.783. The lowest BCUT2D eigenvalue weighted by Gasteiger charge is -2.42. The molecule has 3 fully saturated rings.